The molecule has 0 bridgehead atoms. The van der Waals surface area contributed by atoms with Gasteiger partial charge in [0.05, 0.1) is 12.4 Å². The Hall–Kier alpha value is -1.38. The average molecular weight is 140 g/mol. The van der Waals surface area contributed by atoms with Crippen molar-refractivity contribution in [2.75, 3.05) is 0 Å². The summed E-state index contributed by atoms with van der Waals surface area (Å²) in [6.45, 7) is 0. The Kier molecular flexibility index (Phi) is 1.35. The van der Waals surface area contributed by atoms with Crippen molar-refractivity contribution < 1.29 is 0 Å². The Morgan fingerprint density at radius 3 is 2.55 bits per heavy atom. The van der Waals surface area contributed by atoms with Crippen LogP contribution in [0.15, 0.2) is 30.6 Å². The van der Waals surface area contributed by atoms with E-state index in [-0.39, 0.29) is 0 Å². The molecule has 0 atom stereocenters. The number of benzene rings is 1. The number of hydrogen-bond acceptors (Lipinski definition) is 2. The van der Waals surface area contributed by atoms with Gasteiger partial charge in [-0.1, -0.05) is 23.7 Å². The molecule has 0 unspecified atom stereocenters. The number of aromatic nitrogens is 2. The minimum Gasteiger partial charge on any atom is -0.158 e. The van der Waals surface area contributed by atoms with Gasteiger partial charge < -0.3 is 0 Å². The predicted molar refractivity (Wildman–Crippen MR) is 44.9 cm³/mol. The maximum atomic E-state index is 5.58. The SMILES string of the molecule is [B]c1ccc2cnncc2c1. The molecule has 2 aromatic rings. The maximum Gasteiger partial charge on any atom is 0.113 e. The molecule has 0 aliphatic rings. The lowest BCUT2D eigenvalue weighted by Gasteiger charge is -1.95. The first kappa shape index (κ1) is 6.34. The second kappa shape index (κ2) is 2.34. The minimum atomic E-state index is 0.755. The van der Waals surface area contributed by atoms with Crippen molar-refractivity contribution >= 4 is 24.1 Å². The van der Waals surface area contributed by atoms with E-state index in [1.807, 2.05) is 18.2 Å². The molecule has 50 valence electrons. The lowest BCUT2D eigenvalue weighted by Crippen LogP contribution is -1.99. The van der Waals surface area contributed by atoms with Crippen molar-refractivity contribution in [3.05, 3.63) is 30.6 Å². The van der Waals surface area contributed by atoms with Crippen molar-refractivity contribution in [3.8, 4) is 0 Å². The highest BCUT2D eigenvalue weighted by Crippen LogP contribution is 2.06. The van der Waals surface area contributed by atoms with E-state index in [0.29, 0.717) is 0 Å². The fourth-order valence-corrected chi connectivity index (χ4v) is 1.01. The summed E-state index contributed by atoms with van der Waals surface area (Å²) in [6, 6.07) is 5.66. The quantitative estimate of drug-likeness (QED) is 0.495. The lowest BCUT2D eigenvalue weighted by atomic mass is 9.94. The maximum absolute atomic E-state index is 5.58. The minimum absolute atomic E-state index is 0.755. The summed E-state index contributed by atoms with van der Waals surface area (Å²) in [5.41, 5.74) is 0.755. The third-order valence-corrected chi connectivity index (χ3v) is 1.57. The molecule has 1 heterocycles. The van der Waals surface area contributed by atoms with Gasteiger partial charge in [-0.25, -0.2) is 0 Å². The second-order valence-corrected chi connectivity index (χ2v) is 2.38. The third-order valence-electron chi connectivity index (χ3n) is 1.57. The predicted octanol–water partition coefficient (Wildman–Crippen LogP) is 0.424. The van der Waals surface area contributed by atoms with E-state index in [1.165, 1.54) is 0 Å². The average Bonchev–Trinajstić information content (AvgIpc) is 2.04. The molecule has 0 amide bonds. The molecule has 2 nitrogen and oxygen atoms in total. The summed E-state index contributed by atoms with van der Waals surface area (Å²) in [5.74, 6) is 0. The van der Waals surface area contributed by atoms with Gasteiger partial charge >= 0.3 is 0 Å². The van der Waals surface area contributed by atoms with E-state index in [2.05, 4.69) is 10.2 Å². The molecule has 1 aromatic heterocycles. The molecule has 2 radical (unpaired) electrons. The Labute approximate surface area is 65.7 Å². The molecule has 0 aliphatic heterocycles. The highest BCUT2D eigenvalue weighted by molar-refractivity contribution is 6.33. The zero-order valence-electron chi connectivity index (χ0n) is 5.86. The van der Waals surface area contributed by atoms with Crippen molar-refractivity contribution in [2.24, 2.45) is 0 Å². The molecule has 2 rings (SSSR count). The van der Waals surface area contributed by atoms with Gasteiger partial charge in [0.25, 0.3) is 0 Å². The van der Waals surface area contributed by atoms with E-state index in [9.17, 15) is 0 Å². The molecule has 0 aliphatic carbocycles. The standard InChI is InChI=1S/C8H5BN2/c9-8-2-1-6-4-10-11-5-7(6)3-8/h1-5H. The van der Waals surface area contributed by atoms with E-state index in [0.717, 1.165) is 16.2 Å². The van der Waals surface area contributed by atoms with Crippen LogP contribution in [-0.4, -0.2) is 18.0 Å². The first-order valence-corrected chi connectivity index (χ1v) is 3.32. The van der Waals surface area contributed by atoms with Crippen LogP contribution in [0.2, 0.25) is 0 Å². The molecular formula is C8H5BN2. The summed E-state index contributed by atoms with van der Waals surface area (Å²) < 4.78 is 0. The summed E-state index contributed by atoms with van der Waals surface area (Å²) in [6.07, 6.45) is 3.42. The van der Waals surface area contributed by atoms with Gasteiger partial charge in [-0.3, -0.25) is 0 Å². The molecule has 0 saturated carbocycles. The molecule has 1 aromatic carbocycles. The summed E-state index contributed by atoms with van der Waals surface area (Å²) in [4.78, 5) is 0. The van der Waals surface area contributed by atoms with Crippen LogP contribution in [0.5, 0.6) is 0 Å². The second-order valence-electron chi connectivity index (χ2n) is 2.38. The Balaban J connectivity index is 2.83. The van der Waals surface area contributed by atoms with E-state index in [4.69, 9.17) is 7.85 Å². The molecule has 0 N–H and O–H groups in total. The van der Waals surface area contributed by atoms with E-state index >= 15 is 0 Å². The number of fused-ring (bicyclic) bond motifs is 1. The molecular weight excluding hydrogens is 135 g/mol. The van der Waals surface area contributed by atoms with Crippen LogP contribution in [0.25, 0.3) is 10.8 Å². The largest absolute Gasteiger partial charge is 0.158 e. The first-order chi connectivity index (χ1) is 5.36. The van der Waals surface area contributed by atoms with Crippen LogP contribution in [0, 0.1) is 0 Å². The van der Waals surface area contributed by atoms with Crippen LogP contribution < -0.4 is 5.46 Å². The fraction of sp³-hybridized carbons (Fsp3) is 0. The van der Waals surface area contributed by atoms with Crippen LogP contribution >= 0.6 is 0 Å². The molecule has 3 heteroatoms. The van der Waals surface area contributed by atoms with Crippen LogP contribution in [0.3, 0.4) is 0 Å². The van der Waals surface area contributed by atoms with Gasteiger partial charge in [0.1, 0.15) is 7.85 Å². The van der Waals surface area contributed by atoms with Crippen molar-refractivity contribution in [3.63, 3.8) is 0 Å². The van der Waals surface area contributed by atoms with Crippen molar-refractivity contribution in [1.82, 2.24) is 10.2 Å². The fourth-order valence-electron chi connectivity index (χ4n) is 1.01. The zero-order valence-corrected chi connectivity index (χ0v) is 5.86. The van der Waals surface area contributed by atoms with E-state index < -0.39 is 0 Å². The van der Waals surface area contributed by atoms with Gasteiger partial charge in [-0.05, 0) is 0 Å². The van der Waals surface area contributed by atoms with Gasteiger partial charge in [0.15, 0.2) is 0 Å². The lowest BCUT2D eigenvalue weighted by molar-refractivity contribution is 1.05. The highest BCUT2D eigenvalue weighted by atomic mass is 15.1. The summed E-state index contributed by atoms with van der Waals surface area (Å²) in [7, 11) is 5.58. The summed E-state index contributed by atoms with van der Waals surface area (Å²) >= 11 is 0. The van der Waals surface area contributed by atoms with Crippen LogP contribution in [0.1, 0.15) is 0 Å². The van der Waals surface area contributed by atoms with Crippen LogP contribution in [0.4, 0.5) is 0 Å². The monoisotopic (exact) mass is 140 g/mol. The van der Waals surface area contributed by atoms with Gasteiger partial charge in [-0.15, -0.1) is 0 Å². The van der Waals surface area contributed by atoms with Gasteiger partial charge in [0.2, 0.25) is 0 Å². The van der Waals surface area contributed by atoms with E-state index in [1.54, 1.807) is 12.4 Å². The Bertz CT molecular complexity index is 387. The van der Waals surface area contributed by atoms with Gasteiger partial charge in [0, 0.05) is 10.8 Å². The van der Waals surface area contributed by atoms with Crippen LogP contribution in [-0.2, 0) is 0 Å². The van der Waals surface area contributed by atoms with Gasteiger partial charge in [-0.2, -0.15) is 10.2 Å². The molecule has 0 fully saturated rings. The van der Waals surface area contributed by atoms with Crippen molar-refractivity contribution in [1.29, 1.82) is 0 Å². The molecule has 0 spiro atoms. The summed E-state index contributed by atoms with van der Waals surface area (Å²) in [5, 5.41) is 9.59. The molecule has 11 heavy (non-hydrogen) atoms. The Morgan fingerprint density at radius 1 is 1.00 bits per heavy atom. The highest BCUT2D eigenvalue weighted by Gasteiger charge is 1.91. The third kappa shape index (κ3) is 1.09. The number of nitrogens with zero attached hydrogens (tertiary/aromatic N) is 2. The topological polar surface area (TPSA) is 25.8 Å². The first-order valence-electron chi connectivity index (χ1n) is 3.32. The smallest absolute Gasteiger partial charge is 0.113 e. The van der Waals surface area contributed by atoms with Crippen molar-refractivity contribution in [2.45, 2.75) is 0 Å². The zero-order chi connectivity index (χ0) is 7.68. The molecule has 0 saturated heterocycles. The normalized spacial score (nSPS) is 10.2. The number of hydrogen-bond donors (Lipinski definition) is 0. The number of rotatable bonds is 0. The Morgan fingerprint density at radius 2 is 1.73 bits per heavy atom.